The molecule has 1 aromatic rings. The summed E-state index contributed by atoms with van der Waals surface area (Å²) in [5.74, 6) is 0.919. The molecule has 0 saturated heterocycles. The lowest BCUT2D eigenvalue weighted by Crippen LogP contribution is -2.38. The molecule has 1 aliphatic rings. The summed E-state index contributed by atoms with van der Waals surface area (Å²) in [5.41, 5.74) is 0.707. The van der Waals surface area contributed by atoms with Gasteiger partial charge in [-0.15, -0.1) is 0 Å². The molecule has 104 valence electrons. The summed E-state index contributed by atoms with van der Waals surface area (Å²) >= 11 is 5.94. The topological polar surface area (TPSA) is 20.3 Å². The molecular formula is C16H22ClNO. The van der Waals surface area contributed by atoms with E-state index in [-0.39, 0.29) is 11.8 Å². The van der Waals surface area contributed by atoms with E-state index in [9.17, 15) is 4.79 Å². The second kappa shape index (κ2) is 6.53. The normalized spacial score (nSPS) is 17.9. The molecule has 1 aliphatic carbocycles. The number of hydrogen-bond donors (Lipinski definition) is 0. The van der Waals surface area contributed by atoms with E-state index in [1.165, 1.54) is 25.7 Å². The van der Waals surface area contributed by atoms with Gasteiger partial charge in [-0.1, -0.05) is 36.6 Å². The maximum Gasteiger partial charge on any atom is 0.179 e. The fourth-order valence-corrected chi connectivity index (χ4v) is 3.03. The Morgan fingerprint density at radius 3 is 2.74 bits per heavy atom. The summed E-state index contributed by atoms with van der Waals surface area (Å²) in [4.78, 5) is 14.6. The summed E-state index contributed by atoms with van der Waals surface area (Å²) in [6.07, 6.45) is 5.30. The molecule has 1 unspecified atom stereocenters. The monoisotopic (exact) mass is 279 g/mol. The fraction of sp³-hybridized carbons (Fsp3) is 0.562. The lowest BCUT2D eigenvalue weighted by atomic mass is 10.0. The number of rotatable bonds is 5. The Labute approximate surface area is 120 Å². The standard InChI is InChI=1S/C16H22ClNO/c1-12(18(2)11-13-6-3-4-7-13)16(19)14-8-5-9-15(17)10-14/h5,8-10,12-13H,3-4,6-7,11H2,1-2H3. The molecule has 0 aromatic heterocycles. The number of benzene rings is 1. The van der Waals surface area contributed by atoms with Crippen molar-refractivity contribution >= 4 is 17.4 Å². The van der Waals surface area contributed by atoms with Crippen molar-refractivity contribution in [3.05, 3.63) is 34.9 Å². The Hall–Kier alpha value is -0.860. The van der Waals surface area contributed by atoms with Gasteiger partial charge < -0.3 is 0 Å². The Bertz CT molecular complexity index is 440. The predicted octanol–water partition coefficient (Wildman–Crippen LogP) is 4.03. The molecule has 0 heterocycles. The molecule has 0 bridgehead atoms. The SMILES string of the molecule is CC(C(=O)c1cccc(Cl)c1)N(C)CC1CCCC1. The number of carbonyl (C=O) groups is 1. The van der Waals surface area contributed by atoms with Crippen molar-refractivity contribution < 1.29 is 4.79 Å². The van der Waals surface area contributed by atoms with Gasteiger partial charge in [-0.3, -0.25) is 9.69 Å². The molecule has 0 aliphatic heterocycles. The molecule has 2 nitrogen and oxygen atoms in total. The minimum Gasteiger partial charge on any atom is -0.296 e. The number of likely N-dealkylation sites (N-methyl/N-ethyl adjacent to an activating group) is 1. The Morgan fingerprint density at radius 1 is 1.42 bits per heavy atom. The van der Waals surface area contributed by atoms with E-state index in [2.05, 4.69) is 4.90 Å². The second-order valence-electron chi connectivity index (χ2n) is 5.64. The molecule has 1 aromatic carbocycles. The summed E-state index contributed by atoms with van der Waals surface area (Å²) in [6.45, 7) is 3.01. The highest BCUT2D eigenvalue weighted by Gasteiger charge is 2.23. The highest BCUT2D eigenvalue weighted by atomic mass is 35.5. The molecule has 0 N–H and O–H groups in total. The average Bonchev–Trinajstić information content (AvgIpc) is 2.89. The predicted molar refractivity (Wildman–Crippen MR) is 79.8 cm³/mol. The zero-order valence-corrected chi connectivity index (χ0v) is 12.5. The number of nitrogens with zero attached hydrogens (tertiary/aromatic N) is 1. The highest BCUT2D eigenvalue weighted by molar-refractivity contribution is 6.31. The molecule has 2 rings (SSSR count). The van der Waals surface area contributed by atoms with Gasteiger partial charge in [0.15, 0.2) is 5.78 Å². The van der Waals surface area contributed by atoms with Crippen molar-refractivity contribution in [3.63, 3.8) is 0 Å². The lowest BCUT2D eigenvalue weighted by Gasteiger charge is -2.26. The third kappa shape index (κ3) is 3.80. The zero-order chi connectivity index (χ0) is 13.8. The Kier molecular flexibility index (Phi) is 5.00. The number of halogens is 1. The quantitative estimate of drug-likeness (QED) is 0.759. The number of carbonyl (C=O) groups excluding carboxylic acids is 1. The molecule has 0 radical (unpaired) electrons. The first-order valence-corrected chi connectivity index (χ1v) is 7.45. The largest absolute Gasteiger partial charge is 0.296 e. The first-order valence-electron chi connectivity index (χ1n) is 7.08. The van der Waals surface area contributed by atoms with Crippen LogP contribution in [0.4, 0.5) is 0 Å². The van der Waals surface area contributed by atoms with Gasteiger partial charge in [0.25, 0.3) is 0 Å². The van der Waals surface area contributed by atoms with E-state index in [1.807, 2.05) is 26.1 Å². The van der Waals surface area contributed by atoms with E-state index in [0.717, 1.165) is 12.5 Å². The van der Waals surface area contributed by atoms with Crippen molar-refractivity contribution in [1.82, 2.24) is 4.90 Å². The second-order valence-corrected chi connectivity index (χ2v) is 6.08. The van der Waals surface area contributed by atoms with Crippen LogP contribution in [0, 0.1) is 5.92 Å². The van der Waals surface area contributed by atoms with Crippen LogP contribution >= 0.6 is 11.6 Å². The van der Waals surface area contributed by atoms with Crippen molar-refractivity contribution in [2.75, 3.05) is 13.6 Å². The summed E-state index contributed by atoms with van der Waals surface area (Å²) in [7, 11) is 2.05. The third-order valence-electron chi connectivity index (χ3n) is 4.17. The van der Waals surface area contributed by atoms with Crippen LogP contribution < -0.4 is 0 Å². The van der Waals surface area contributed by atoms with E-state index in [0.29, 0.717) is 10.6 Å². The molecule has 19 heavy (non-hydrogen) atoms. The van der Waals surface area contributed by atoms with Crippen molar-refractivity contribution in [2.24, 2.45) is 5.92 Å². The van der Waals surface area contributed by atoms with Crippen LogP contribution in [0.1, 0.15) is 43.0 Å². The molecule has 0 spiro atoms. The maximum absolute atomic E-state index is 12.4. The summed E-state index contributed by atoms with van der Waals surface area (Å²) in [5, 5.41) is 0.622. The van der Waals surface area contributed by atoms with Gasteiger partial charge in [-0.25, -0.2) is 0 Å². The fourth-order valence-electron chi connectivity index (χ4n) is 2.84. The molecule has 3 heteroatoms. The van der Waals surface area contributed by atoms with Gasteiger partial charge in [0.2, 0.25) is 0 Å². The van der Waals surface area contributed by atoms with Gasteiger partial charge in [0.05, 0.1) is 6.04 Å². The first-order chi connectivity index (χ1) is 9.08. The zero-order valence-electron chi connectivity index (χ0n) is 11.7. The molecule has 1 saturated carbocycles. The summed E-state index contributed by atoms with van der Waals surface area (Å²) in [6, 6.07) is 7.14. The summed E-state index contributed by atoms with van der Waals surface area (Å²) < 4.78 is 0. The minimum atomic E-state index is -0.0842. The van der Waals surface area contributed by atoms with Crippen LogP contribution in [-0.2, 0) is 0 Å². The van der Waals surface area contributed by atoms with Gasteiger partial charge in [-0.05, 0) is 44.9 Å². The van der Waals surface area contributed by atoms with Crippen LogP contribution in [-0.4, -0.2) is 30.3 Å². The van der Waals surface area contributed by atoms with Crippen LogP contribution in [0.15, 0.2) is 24.3 Å². The van der Waals surface area contributed by atoms with E-state index >= 15 is 0 Å². The molecule has 0 amide bonds. The molecule has 1 atom stereocenters. The Balaban J connectivity index is 1.97. The van der Waals surface area contributed by atoms with Crippen LogP contribution in [0.3, 0.4) is 0 Å². The number of hydrogen-bond acceptors (Lipinski definition) is 2. The van der Waals surface area contributed by atoms with Crippen LogP contribution in [0.25, 0.3) is 0 Å². The van der Waals surface area contributed by atoms with E-state index in [1.54, 1.807) is 12.1 Å². The lowest BCUT2D eigenvalue weighted by molar-refractivity contribution is 0.0853. The van der Waals surface area contributed by atoms with Gasteiger partial charge in [-0.2, -0.15) is 0 Å². The maximum atomic E-state index is 12.4. The van der Waals surface area contributed by atoms with Crippen molar-refractivity contribution in [2.45, 2.75) is 38.6 Å². The highest BCUT2D eigenvalue weighted by Crippen LogP contribution is 2.26. The molecular weight excluding hydrogens is 258 g/mol. The van der Waals surface area contributed by atoms with Crippen LogP contribution in [0.5, 0.6) is 0 Å². The minimum absolute atomic E-state index is 0.0842. The third-order valence-corrected chi connectivity index (χ3v) is 4.41. The van der Waals surface area contributed by atoms with Crippen LogP contribution in [0.2, 0.25) is 5.02 Å². The van der Waals surface area contributed by atoms with Gasteiger partial charge >= 0.3 is 0 Å². The first kappa shape index (κ1) is 14.5. The Morgan fingerprint density at radius 2 is 2.11 bits per heavy atom. The molecule has 1 fully saturated rings. The number of Topliss-reactive ketones (excluding diaryl/α,β-unsaturated/α-hetero) is 1. The average molecular weight is 280 g/mol. The number of ketones is 1. The van der Waals surface area contributed by atoms with Crippen molar-refractivity contribution in [1.29, 1.82) is 0 Å². The smallest absolute Gasteiger partial charge is 0.179 e. The van der Waals surface area contributed by atoms with E-state index < -0.39 is 0 Å². The van der Waals surface area contributed by atoms with E-state index in [4.69, 9.17) is 11.6 Å². The van der Waals surface area contributed by atoms with Crippen molar-refractivity contribution in [3.8, 4) is 0 Å². The van der Waals surface area contributed by atoms with Gasteiger partial charge in [0.1, 0.15) is 0 Å². The van der Waals surface area contributed by atoms with Gasteiger partial charge in [0, 0.05) is 17.1 Å².